The van der Waals surface area contributed by atoms with Gasteiger partial charge in [-0.25, -0.2) is 0 Å². The van der Waals surface area contributed by atoms with Gasteiger partial charge in [0.2, 0.25) is 0 Å². The van der Waals surface area contributed by atoms with E-state index in [1.54, 1.807) is 0 Å². The molecule has 0 saturated carbocycles. The van der Waals surface area contributed by atoms with Crippen molar-refractivity contribution in [3.05, 3.63) is 35.9 Å². The number of nitrogens with zero attached hydrogens (tertiary/aromatic N) is 1. The molecule has 0 bridgehead atoms. The van der Waals surface area contributed by atoms with Crippen LogP contribution in [0.4, 0.5) is 4.48 Å². The zero-order chi connectivity index (χ0) is 10.9. The van der Waals surface area contributed by atoms with Crippen molar-refractivity contribution < 1.29 is 4.48 Å². The fraction of sp³-hybridized carbons (Fsp3) is 0.538. The first kappa shape index (κ1) is 12.2. The minimum Gasteiger partial charge on any atom is -0.0654 e. The molecule has 0 aliphatic heterocycles. The number of hydrogen-bond donors (Lipinski definition) is 0. The molecular weight excluding hydrogens is 189 g/mol. The zero-order valence-corrected chi connectivity index (χ0v) is 9.45. The number of hydrogen-bond acceptors (Lipinski definition) is 1. The lowest BCUT2D eigenvalue weighted by atomic mass is 10.2. The molecule has 0 N–H and O–H groups in total. The Hall–Kier alpha value is -0.890. The smallest absolute Gasteiger partial charge is 0.0654 e. The molecule has 15 heavy (non-hydrogen) atoms. The van der Waals surface area contributed by atoms with Gasteiger partial charge in [-0.15, -0.1) is 0 Å². The molecule has 1 aromatic carbocycles. The van der Waals surface area contributed by atoms with E-state index in [4.69, 9.17) is 0 Å². The van der Waals surface area contributed by atoms with E-state index >= 15 is 0 Å². The summed E-state index contributed by atoms with van der Waals surface area (Å²) in [6, 6.07) is 9.76. The normalized spacial score (nSPS) is 10.9. The van der Waals surface area contributed by atoms with E-state index in [-0.39, 0.29) is 0 Å². The minimum absolute atomic E-state index is 0.410. The van der Waals surface area contributed by atoms with Gasteiger partial charge < -0.3 is 0 Å². The topological polar surface area (TPSA) is 5.90 Å². The first-order chi connectivity index (χ1) is 7.33. The van der Waals surface area contributed by atoms with Crippen molar-refractivity contribution in [2.75, 3.05) is 6.54 Å². The van der Waals surface area contributed by atoms with Crippen molar-refractivity contribution in [2.24, 2.45) is 0 Å². The monoisotopic (exact) mass is 209 g/mol. The largest absolute Gasteiger partial charge is 0.192 e. The molecule has 83 valence electrons. The van der Waals surface area contributed by atoms with Gasteiger partial charge in [0.1, 0.15) is 0 Å². The highest BCUT2D eigenvalue weighted by molar-refractivity contribution is 5.14. The van der Waals surface area contributed by atoms with Crippen molar-refractivity contribution in [1.29, 1.82) is 0 Å². The Morgan fingerprint density at radius 2 is 1.80 bits per heavy atom. The number of benzene rings is 1. The highest BCUT2D eigenvalue weighted by atomic mass is 19.2. The van der Waals surface area contributed by atoms with Gasteiger partial charge in [0.05, 0.1) is 9.60 Å². The minimum atomic E-state index is 0.410. The Morgan fingerprint density at radius 1 is 1.07 bits per heavy atom. The van der Waals surface area contributed by atoms with Crippen LogP contribution >= 0.6 is 0 Å². The first-order valence-electron chi connectivity index (χ1n) is 5.77. The Kier molecular flexibility index (Phi) is 6.02. The maximum Gasteiger partial charge on any atom is 0.192 e. The highest BCUT2D eigenvalue weighted by Gasteiger charge is 2.14. The number of unbranched alkanes of at least 4 members (excludes halogenated alkanes) is 3. The van der Waals surface area contributed by atoms with Gasteiger partial charge in [-0.3, -0.25) is 0 Å². The molecule has 2 heteroatoms. The molecule has 0 amide bonds. The van der Waals surface area contributed by atoms with E-state index in [1.807, 2.05) is 30.3 Å². The second kappa shape index (κ2) is 7.41. The SMILES string of the molecule is CCCCCC[N+](F)Cc1ccccc1. The van der Waals surface area contributed by atoms with Gasteiger partial charge in [0.25, 0.3) is 0 Å². The molecule has 0 aromatic heterocycles. The fourth-order valence-electron chi connectivity index (χ4n) is 1.57. The quantitative estimate of drug-likeness (QED) is 0.476. The Bertz CT molecular complexity index is 248. The molecule has 1 radical (unpaired) electrons. The van der Waals surface area contributed by atoms with Crippen LogP contribution in [0.5, 0.6) is 0 Å². The van der Waals surface area contributed by atoms with Crippen LogP contribution in [-0.4, -0.2) is 6.54 Å². The van der Waals surface area contributed by atoms with Crippen LogP contribution in [0.25, 0.3) is 0 Å². The van der Waals surface area contributed by atoms with Crippen molar-refractivity contribution in [1.82, 2.24) is 5.12 Å². The van der Waals surface area contributed by atoms with Crippen molar-refractivity contribution in [3.8, 4) is 0 Å². The summed E-state index contributed by atoms with van der Waals surface area (Å²) >= 11 is 0. The van der Waals surface area contributed by atoms with Crippen LogP contribution in [0, 0.1) is 0 Å². The molecule has 0 heterocycles. The van der Waals surface area contributed by atoms with E-state index in [0.717, 1.165) is 23.5 Å². The Labute approximate surface area is 91.8 Å². The third-order valence-corrected chi connectivity index (χ3v) is 2.45. The van der Waals surface area contributed by atoms with Gasteiger partial charge in [-0.2, -0.15) is 0 Å². The lowest BCUT2D eigenvalue weighted by Gasteiger charge is -2.00. The van der Waals surface area contributed by atoms with E-state index in [2.05, 4.69) is 6.92 Å². The Balaban J connectivity index is 2.16. The van der Waals surface area contributed by atoms with Crippen LogP contribution in [-0.2, 0) is 6.54 Å². The van der Waals surface area contributed by atoms with E-state index in [1.165, 1.54) is 12.8 Å². The highest BCUT2D eigenvalue weighted by Crippen LogP contribution is 2.05. The molecule has 0 unspecified atom stereocenters. The molecule has 0 aliphatic carbocycles. The summed E-state index contributed by atoms with van der Waals surface area (Å²) in [6.45, 7) is 3.12. The predicted molar refractivity (Wildman–Crippen MR) is 62.4 cm³/mol. The van der Waals surface area contributed by atoms with E-state index in [0.29, 0.717) is 13.1 Å². The lowest BCUT2D eigenvalue weighted by Crippen LogP contribution is -2.20. The maximum absolute atomic E-state index is 13.3. The van der Waals surface area contributed by atoms with Gasteiger partial charge >= 0.3 is 0 Å². The third kappa shape index (κ3) is 5.53. The molecule has 0 fully saturated rings. The van der Waals surface area contributed by atoms with Gasteiger partial charge in [0.15, 0.2) is 13.1 Å². The van der Waals surface area contributed by atoms with E-state index in [9.17, 15) is 4.48 Å². The summed E-state index contributed by atoms with van der Waals surface area (Å²) < 4.78 is 13.3. The summed E-state index contributed by atoms with van der Waals surface area (Å²) in [6.07, 6.45) is 4.49. The predicted octanol–water partition coefficient (Wildman–Crippen LogP) is 3.79. The number of rotatable bonds is 7. The lowest BCUT2D eigenvalue weighted by molar-refractivity contribution is 0.132. The molecule has 1 aromatic rings. The molecular formula is C13H20FN+. The van der Waals surface area contributed by atoms with Gasteiger partial charge in [0, 0.05) is 12.0 Å². The zero-order valence-electron chi connectivity index (χ0n) is 9.45. The van der Waals surface area contributed by atoms with E-state index < -0.39 is 0 Å². The summed E-state index contributed by atoms with van der Waals surface area (Å²) in [5.41, 5.74) is 1.04. The van der Waals surface area contributed by atoms with Crippen molar-refractivity contribution in [2.45, 2.75) is 39.2 Å². The summed E-state index contributed by atoms with van der Waals surface area (Å²) in [4.78, 5) is 0. The van der Waals surface area contributed by atoms with Gasteiger partial charge in [-0.1, -0.05) is 50.1 Å². The summed E-state index contributed by atoms with van der Waals surface area (Å²) in [5.74, 6) is 0. The standard InChI is InChI=1S/C13H20FN/c1-2-3-4-8-11-15(14)12-13-9-6-5-7-10-13/h5-7,9-10H,2-4,8,11-12H2,1H3/q+1. The summed E-state index contributed by atoms with van der Waals surface area (Å²) in [5, 5.41) is 0.908. The van der Waals surface area contributed by atoms with Crippen molar-refractivity contribution >= 4 is 0 Å². The third-order valence-electron chi connectivity index (χ3n) is 2.45. The first-order valence-corrected chi connectivity index (χ1v) is 5.77. The number of halogens is 1. The molecule has 0 saturated heterocycles. The second-order valence-corrected chi connectivity index (χ2v) is 3.89. The average molecular weight is 209 g/mol. The Morgan fingerprint density at radius 3 is 2.47 bits per heavy atom. The molecule has 1 rings (SSSR count). The van der Waals surface area contributed by atoms with Crippen LogP contribution in [0.15, 0.2) is 30.3 Å². The summed E-state index contributed by atoms with van der Waals surface area (Å²) in [7, 11) is 0. The van der Waals surface area contributed by atoms with Crippen molar-refractivity contribution in [3.63, 3.8) is 0 Å². The molecule has 0 spiro atoms. The van der Waals surface area contributed by atoms with Crippen LogP contribution in [0.3, 0.4) is 0 Å². The fourth-order valence-corrected chi connectivity index (χ4v) is 1.57. The average Bonchev–Trinajstić information content (AvgIpc) is 2.26. The van der Waals surface area contributed by atoms with Gasteiger partial charge in [-0.05, 0) is 6.42 Å². The maximum atomic E-state index is 13.3. The molecule has 1 nitrogen and oxygen atoms in total. The second-order valence-electron chi connectivity index (χ2n) is 3.89. The van der Waals surface area contributed by atoms with Crippen LogP contribution in [0.1, 0.15) is 38.2 Å². The molecule has 0 aliphatic rings. The van der Waals surface area contributed by atoms with Crippen LogP contribution < -0.4 is 5.12 Å². The van der Waals surface area contributed by atoms with Crippen LogP contribution in [0.2, 0.25) is 0 Å². The molecule has 0 atom stereocenters.